The predicted molar refractivity (Wildman–Crippen MR) is 90.6 cm³/mol. The first-order valence-corrected chi connectivity index (χ1v) is 7.88. The van der Waals surface area contributed by atoms with Crippen LogP contribution in [0.1, 0.15) is 19.8 Å². The molecule has 23 heavy (non-hydrogen) atoms. The zero-order valence-electron chi connectivity index (χ0n) is 12.4. The van der Waals surface area contributed by atoms with E-state index >= 15 is 0 Å². The van der Waals surface area contributed by atoms with Crippen molar-refractivity contribution >= 4 is 41.0 Å². The highest BCUT2D eigenvalue weighted by Crippen LogP contribution is 2.39. The van der Waals surface area contributed by atoms with Crippen molar-refractivity contribution in [3.05, 3.63) is 39.7 Å². The second-order valence-electron chi connectivity index (χ2n) is 5.02. The molecule has 3 rings (SSSR count). The summed E-state index contributed by atoms with van der Waals surface area (Å²) < 4.78 is 11.1. The molecule has 0 spiro atoms. The Morgan fingerprint density at radius 1 is 1.39 bits per heavy atom. The number of halogens is 2. The molecule has 2 heterocycles. The minimum atomic E-state index is -0.242. The molecule has 1 aromatic carbocycles. The van der Waals surface area contributed by atoms with Crippen molar-refractivity contribution < 1.29 is 14.3 Å². The number of hydrogen-bond acceptors (Lipinski definition) is 4. The lowest BCUT2D eigenvalue weighted by atomic mass is 10.1. The molecule has 0 aromatic heterocycles. The fourth-order valence-electron chi connectivity index (χ4n) is 2.25. The molecule has 0 bridgehead atoms. The minimum absolute atomic E-state index is 0.0535. The summed E-state index contributed by atoms with van der Waals surface area (Å²) in [6.07, 6.45) is 4.99. The Kier molecular flexibility index (Phi) is 4.59. The van der Waals surface area contributed by atoms with Gasteiger partial charge in [-0.3, -0.25) is 4.79 Å². The molecule has 0 atom stereocenters. The highest BCUT2D eigenvalue weighted by molar-refractivity contribution is 6.34. The third-order valence-corrected chi connectivity index (χ3v) is 4.12. The van der Waals surface area contributed by atoms with Crippen LogP contribution in [-0.2, 0) is 4.79 Å². The Balaban J connectivity index is 1.88. The third kappa shape index (κ3) is 3.51. The van der Waals surface area contributed by atoms with Gasteiger partial charge in [-0.05, 0) is 12.0 Å². The minimum Gasteiger partial charge on any atom is -0.481 e. The number of aliphatic imine (C=N–C) groups is 1. The van der Waals surface area contributed by atoms with Crippen LogP contribution in [0, 0.1) is 0 Å². The predicted octanol–water partition coefficient (Wildman–Crippen LogP) is 4.27. The molecule has 0 saturated heterocycles. The van der Waals surface area contributed by atoms with Crippen LogP contribution in [0.5, 0.6) is 11.5 Å². The van der Waals surface area contributed by atoms with Crippen molar-refractivity contribution in [1.82, 2.24) is 0 Å². The maximum Gasteiger partial charge on any atom is 0.262 e. The second-order valence-corrected chi connectivity index (χ2v) is 5.83. The summed E-state index contributed by atoms with van der Waals surface area (Å²) in [5.41, 5.74) is 1.54. The average molecular weight is 353 g/mol. The SMILES string of the molecule is CCC1=C(Cl)C=C(Oc2cc(Cl)c3c(c2)OCC(=O)N3)N=CC1. The van der Waals surface area contributed by atoms with Gasteiger partial charge >= 0.3 is 0 Å². The first-order chi connectivity index (χ1) is 11.1. The highest BCUT2D eigenvalue weighted by Gasteiger charge is 2.20. The Hall–Kier alpha value is -1.98. The Morgan fingerprint density at radius 2 is 2.22 bits per heavy atom. The van der Waals surface area contributed by atoms with Crippen molar-refractivity contribution in [1.29, 1.82) is 0 Å². The molecule has 0 aliphatic carbocycles. The number of ether oxygens (including phenoxy) is 2. The number of nitrogens with one attached hydrogen (secondary N) is 1. The van der Waals surface area contributed by atoms with Gasteiger partial charge in [0.25, 0.3) is 5.91 Å². The van der Waals surface area contributed by atoms with Gasteiger partial charge in [0.2, 0.25) is 5.88 Å². The van der Waals surface area contributed by atoms with Gasteiger partial charge in [0, 0.05) is 35.9 Å². The normalized spacial score (nSPS) is 17.0. The lowest BCUT2D eigenvalue weighted by Gasteiger charge is -2.20. The molecular formula is C16H14Cl2N2O3. The standard InChI is InChI=1S/C16H14Cl2N2O3/c1-2-9-3-4-19-15(7-11(9)17)23-10-5-12(18)16-13(6-10)22-8-14(21)20-16/h4-7H,2-3,8H2,1H3,(H,20,21). The number of anilines is 1. The number of fused-ring (bicyclic) bond motifs is 1. The zero-order chi connectivity index (χ0) is 16.4. The van der Waals surface area contributed by atoms with Gasteiger partial charge in [0.1, 0.15) is 17.2 Å². The number of carbonyl (C=O) groups excluding carboxylic acids is 1. The van der Waals surface area contributed by atoms with E-state index in [-0.39, 0.29) is 12.5 Å². The maximum atomic E-state index is 11.3. The number of hydrogen-bond donors (Lipinski definition) is 1. The van der Waals surface area contributed by atoms with Gasteiger partial charge in [-0.1, -0.05) is 30.1 Å². The Labute approximate surface area is 143 Å². The summed E-state index contributed by atoms with van der Waals surface area (Å²) in [5.74, 6) is 1.04. The van der Waals surface area contributed by atoms with Crippen LogP contribution in [0.2, 0.25) is 5.02 Å². The third-order valence-electron chi connectivity index (χ3n) is 3.44. The summed E-state index contributed by atoms with van der Waals surface area (Å²) >= 11 is 12.4. The summed E-state index contributed by atoms with van der Waals surface area (Å²) in [4.78, 5) is 15.6. The van der Waals surface area contributed by atoms with Crippen molar-refractivity contribution in [2.45, 2.75) is 19.8 Å². The summed E-state index contributed by atoms with van der Waals surface area (Å²) in [6, 6.07) is 3.25. The molecule has 1 aromatic rings. The van der Waals surface area contributed by atoms with Gasteiger partial charge in [-0.15, -0.1) is 0 Å². The van der Waals surface area contributed by atoms with Crippen LogP contribution in [0.3, 0.4) is 0 Å². The van der Waals surface area contributed by atoms with E-state index in [1.54, 1.807) is 24.4 Å². The van der Waals surface area contributed by atoms with Crippen LogP contribution in [0.15, 0.2) is 39.7 Å². The summed E-state index contributed by atoms with van der Waals surface area (Å²) in [5, 5.41) is 3.63. The van der Waals surface area contributed by atoms with E-state index in [4.69, 9.17) is 32.7 Å². The van der Waals surface area contributed by atoms with Crippen LogP contribution in [0.4, 0.5) is 5.69 Å². The number of allylic oxidation sites excluding steroid dienone is 3. The Morgan fingerprint density at radius 3 is 3.00 bits per heavy atom. The van der Waals surface area contributed by atoms with Crippen LogP contribution >= 0.6 is 23.2 Å². The van der Waals surface area contributed by atoms with Crippen molar-refractivity contribution in [2.24, 2.45) is 4.99 Å². The largest absolute Gasteiger partial charge is 0.481 e. The number of amides is 1. The van der Waals surface area contributed by atoms with Crippen molar-refractivity contribution in [3.8, 4) is 11.5 Å². The van der Waals surface area contributed by atoms with E-state index in [9.17, 15) is 4.79 Å². The zero-order valence-corrected chi connectivity index (χ0v) is 13.9. The molecule has 0 radical (unpaired) electrons. The molecule has 7 heteroatoms. The number of nitrogens with zero attached hydrogens (tertiary/aromatic N) is 1. The monoisotopic (exact) mass is 352 g/mol. The molecule has 2 aliphatic heterocycles. The van der Waals surface area contributed by atoms with E-state index in [0.29, 0.717) is 39.5 Å². The molecule has 0 saturated carbocycles. The average Bonchev–Trinajstić information content (AvgIpc) is 2.69. The molecular weight excluding hydrogens is 339 g/mol. The molecule has 0 unspecified atom stereocenters. The van der Waals surface area contributed by atoms with Gasteiger partial charge in [-0.25, -0.2) is 4.99 Å². The van der Waals surface area contributed by atoms with E-state index in [1.165, 1.54) is 0 Å². The van der Waals surface area contributed by atoms with Crippen LogP contribution < -0.4 is 14.8 Å². The molecule has 1 N–H and O–H groups in total. The van der Waals surface area contributed by atoms with Crippen LogP contribution in [0.25, 0.3) is 0 Å². The molecule has 120 valence electrons. The molecule has 1 amide bonds. The highest BCUT2D eigenvalue weighted by atomic mass is 35.5. The number of rotatable bonds is 3. The molecule has 2 aliphatic rings. The topological polar surface area (TPSA) is 59.9 Å². The van der Waals surface area contributed by atoms with Gasteiger partial charge < -0.3 is 14.8 Å². The lowest BCUT2D eigenvalue weighted by Crippen LogP contribution is -2.25. The quantitative estimate of drug-likeness (QED) is 0.883. The molecule has 0 fully saturated rings. The smallest absolute Gasteiger partial charge is 0.262 e. The van der Waals surface area contributed by atoms with E-state index in [1.807, 2.05) is 6.92 Å². The number of carbonyl (C=O) groups is 1. The maximum absolute atomic E-state index is 11.3. The molecule has 5 nitrogen and oxygen atoms in total. The van der Waals surface area contributed by atoms with Gasteiger partial charge in [-0.2, -0.15) is 0 Å². The summed E-state index contributed by atoms with van der Waals surface area (Å²) in [7, 11) is 0. The van der Waals surface area contributed by atoms with E-state index in [2.05, 4.69) is 10.3 Å². The van der Waals surface area contributed by atoms with Gasteiger partial charge in [0.15, 0.2) is 6.61 Å². The van der Waals surface area contributed by atoms with Crippen molar-refractivity contribution in [3.63, 3.8) is 0 Å². The first-order valence-electron chi connectivity index (χ1n) is 7.12. The van der Waals surface area contributed by atoms with E-state index in [0.717, 1.165) is 12.0 Å². The second kappa shape index (κ2) is 6.64. The van der Waals surface area contributed by atoms with Crippen molar-refractivity contribution in [2.75, 3.05) is 11.9 Å². The van der Waals surface area contributed by atoms with Gasteiger partial charge in [0.05, 0.1) is 5.02 Å². The van der Waals surface area contributed by atoms with E-state index < -0.39 is 0 Å². The summed E-state index contributed by atoms with van der Waals surface area (Å²) in [6.45, 7) is 1.99. The van der Waals surface area contributed by atoms with Crippen LogP contribution in [-0.4, -0.2) is 18.7 Å². The fraction of sp³-hybridized carbons (Fsp3) is 0.250. The number of benzene rings is 1. The Bertz CT molecular complexity index is 754. The first kappa shape index (κ1) is 15.9. The lowest BCUT2D eigenvalue weighted by molar-refractivity contribution is -0.118. The fourth-order valence-corrected chi connectivity index (χ4v) is 2.80.